The molecule has 1 heterocycles. The smallest absolute Gasteiger partial charge is 0.326 e. The number of fused-ring (bicyclic) bond motifs is 2. The summed E-state index contributed by atoms with van der Waals surface area (Å²) >= 11 is 4.44. The lowest BCUT2D eigenvalue weighted by atomic mass is 9.87. The van der Waals surface area contributed by atoms with Crippen LogP contribution in [0.15, 0.2) is 48.7 Å². The van der Waals surface area contributed by atoms with Gasteiger partial charge in [-0.15, -0.1) is 0 Å². The van der Waals surface area contributed by atoms with Gasteiger partial charge in [-0.05, 0) is 53.6 Å². The van der Waals surface area contributed by atoms with E-state index < -0.39 is 17.9 Å². The molecular formula is C24H26N2O4S. The Morgan fingerprint density at radius 2 is 2.10 bits per heavy atom. The van der Waals surface area contributed by atoms with Gasteiger partial charge in [-0.2, -0.15) is 12.6 Å². The Labute approximate surface area is 186 Å². The molecule has 0 radical (unpaired) electrons. The molecule has 3 aromatic rings. The molecule has 2 aromatic carbocycles. The lowest BCUT2D eigenvalue weighted by molar-refractivity contribution is -0.142. The standard InChI is InChI=1S/C24H26N2O4S/c1-30-16-8-6-14-7-9-18(19(14)11-16)20(13-31)23(27)26-22(24(28)29)10-15-12-25-21-5-3-2-4-17(15)21/h2-6,8,11-12,18,20,22,25,31H,7,9-10,13H2,1H3,(H,26,27)(H,28,29). The quantitative estimate of drug-likeness (QED) is 0.405. The van der Waals surface area contributed by atoms with Crippen molar-refractivity contribution >= 4 is 35.4 Å². The Morgan fingerprint density at radius 3 is 2.84 bits per heavy atom. The van der Waals surface area contributed by atoms with Crippen LogP contribution >= 0.6 is 12.6 Å². The fourth-order valence-corrected chi connectivity index (χ4v) is 4.97. The third-order valence-electron chi connectivity index (χ3n) is 6.21. The van der Waals surface area contributed by atoms with Crippen molar-refractivity contribution < 1.29 is 19.4 Å². The Morgan fingerprint density at radius 1 is 1.29 bits per heavy atom. The van der Waals surface area contributed by atoms with E-state index in [-0.39, 0.29) is 18.2 Å². The Balaban J connectivity index is 1.53. The number of aryl methyl sites for hydroxylation is 1. The van der Waals surface area contributed by atoms with Crippen LogP contribution in [-0.4, -0.2) is 40.9 Å². The number of aliphatic carboxylic acids is 1. The number of carboxylic acid groups (broad SMARTS) is 1. The topological polar surface area (TPSA) is 91.4 Å². The first-order valence-electron chi connectivity index (χ1n) is 10.4. The molecule has 1 aliphatic rings. The van der Waals surface area contributed by atoms with Gasteiger partial charge in [-0.1, -0.05) is 24.3 Å². The van der Waals surface area contributed by atoms with E-state index in [0.29, 0.717) is 5.75 Å². The van der Waals surface area contributed by atoms with Crippen molar-refractivity contribution in [2.75, 3.05) is 12.9 Å². The summed E-state index contributed by atoms with van der Waals surface area (Å²) in [5, 5.41) is 13.5. The van der Waals surface area contributed by atoms with Crippen LogP contribution < -0.4 is 10.1 Å². The zero-order valence-corrected chi connectivity index (χ0v) is 18.2. The molecule has 0 saturated carbocycles. The van der Waals surface area contributed by atoms with E-state index in [2.05, 4.69) is 22.9 Å². The summed E-state index contributed by atoms with van der Waals surface area (Å²) in [4.78, 5) is 28.3. The molecule has 4 rings (SSSR count). The maximum Gasteiger partial charge on any atom is 0.326 e. The van der Waals surface area contributed by atoms with Crippen LogP contribution in [0.25, 0.3) is 10.9 Å². The number of carbonyl (C=O) groups is 2. The van der Waals surface area contributed by atoms with Crippen LogP contribution in [0.4, 0.5) is 0 Å². The first-order chi connectivity index (χ1) is 15.0. The van der Waals surface area contributed by atoms with Gasteiger partial charge in [0.1, 0.15) is 11.8 Å². The van der Waals surface area contributed by atoms with E-state index in [4.69, 9.17) is 4.74 Å². The maximum absolute atomic E-state index is 13.2. The second kappa shape index (κ2) is 9.06. The molecule has 0 bridgehead atoms. The van der Waals surface area contributed by atoms with Gasteiger partial charge in [0.15, 0.2) is 0 Å². The summed E-state index contributed by atoms with van der Waals surface area (Å²) in [5.74, 6) is -0.654. The van der Waals surface area contributed by atoms with Crippen molar-refractivity contribution in [1.29, 1.82) is 0 Å². The first kappa shape index (κ1) is 21.3. The van der Waals surface area contributed by atoms with E-state index in [1.54, 1.807) is 7.11 Å². The number of benzene rings is 2. The summed E-state index contributed by atoms with van der Waals surface area (Å²) in [6, 6.07) is 12.7. The molecule has 7 heteroatoms. The van der Waals surface area contributed by atoms with Crippen LogP contribution in [0.3, 0.4) is 0 Å². The van der Waals surface area contributed by atoms with Gasteiger partial charge in [0.25, 0.3) is 0 Å². The monoisotopic (exact) mass is 438 g/mol. The van der Waals surface area contributed by atoms with Crippen LogP contribution in [0.5, 0.6) is 5.75 Å². The van der Waals surface area contributed by atoms with Crippen LogP contribution in [0.1, 0.15) is 29.0 Å². The molecule has 31 heavy (non-hydrogen) atoms. The average molecular weight is 439 g/mol. The number of hydrogen-bond acceptors (Lipinski definition) is 4. The average Bonchev–Trinajstić information content (AvgIpc) is 3.38. The van der Waals surface area contributed by atoms with E-state index >= 15 is 0 Å². The molecule has 1 aliphatic carbocycles. The molecular weight excluding hydrogens is 412 g/mol. The van der Waals surface area contributed by atoms with Gasteiger partial charge in [0.05, 0.1) is 13.0 Å². The fraction of sp³-hybridized carbons (Fsp3) is 0.333. The Hall–Kier alpha value is -2.93. The zero-order chi connectivity index (χ0) is 22.0. The van der Waals surface area contributed by atoms with Gasteiger partial charge in [-0.25, -0.2) is 4.79 Å². The third-order valence-corrected chi connectivity index (χ3v) is 6.60. The number of para-hydroxylation sites is 1. The van der Waals surface area contributed by atoms with Crippen LogP contribution in [-0.2, 0) is 22.4 Å². The van der Waals surface area contributed by atoms with E-state index in [1.807, 2.05) is 48.7 Å². The minimum atomic E-state index is -1.05. The number of ether oxygens (including phenoxy) is 1. The van der Waals surface area contributed by atoms with Crippen LogP contribution in [0.2, 0.25) is 0 Å². The number of nitrogens with one attached hydrogen (secondary N) is 2. The highest BCUT2D eigenvalue weighted by atomic mass is 32.1. The molecule has 3 atom stereocenters. The minimum absolute atomic E-state index is 0.00914. The van der Waals surface area contributed by atoms with E-state index in [0.717, 1.165) is 40.6 Å². The number of carbonyl (C=O) groups excluding carboxylic acids is 1. The zero-order valence-electron chi connectivity index (χ0n) is 17.3. The van der Waals surface area contributed by atoms with Crippen molar-refractivity contribution in [2.24, 2.45) is 5.92 Å². The highest BCUT2D eigenvalue weighted by molar-refractivity contribution is 7.80. The van der Waals surface area contributed by atoms with Crippen molar-refractivity contribution in [1.82, 2.24) is 10.3 Å². The van der Waals surface area contributed by atoms with Gasteiger partial charge in [-0.3, -0.25) is 4.79 Å². The molecule has 0 saturated heterocycles. The summed E-state index contributed by atoms with van der Waals surface area (Å²) in [6.07, 6.45) is 3.74. The summed E-state index contributed by atoms with van der Waals surface area (Å²) < 4.78 is 5.35. The maximum atomic E-state index is 13.2. The second-order valence-corrected chi connectivity index (χ2v) is 8.33. The Kier molecular flexibility index (Phi) is 6.23. The van der Waals surface area contributed by atoms with Crippen molar-refractivity contribution in [3.8, 4) is 5.75 Å². The number of aromatic nitrogens is 1. The summed E-state index contributed by atoms with van der Waals surface area (Å²) in [6.45, 7) is 0. The summed E-state index contributed by atoms with van der Waals surface area (Å²) in [7, 11) is 1.62. The number of amides is 1. The van der Waals surface area contributed by atoms with Gasteiger partial charge in [0.2, 0.25) is 5.91 Å². The molecule has 3 N–H and O–H groups in total. The molecule has 0 spiro atoms. The highest BCUT2D eigenvalue weighted by Crippen LogP contribution is 2.40. The van der Waals surface area contributed by atoms with E-state index in [9.17, 15) is 14.7 Å². The van der Waals surface area contributed by atoms with Gasteiger partial charge in [0, 0.05) is 29.3 Å². The number of thiol groups is 1. The number of rotatable bonds is 8. The largest absolute Gasteiger partial charge is 0.497 e. The number of H-pyrrole nitrogens is 1. The van der Waals surface area contributed by atoms with Gasteiger partial charge >= 0.3 is 5.97 Å². The summed E-state index contributed by atoms with van der Waals surface area (Å²) in [5.41, 5.74) is 4.11. The van der Waals surface area contributed by atoms with Crippen molar-refractivity contribution in [2.45, 2.75) is 31.2 Å². The lowest BCUT2D eigenvalue weighted by Crippen LogP contribution is -2.46. The molecule has 3 unspecified atom stereocenters. The minimum Gasteiger partial charge on any atom is -0.497 e. The van der Waals surface area contributed by atoms with Crippen molar-refractivity contribution in [3.63, 3.8) is 0 Å². The highest BCUT2D eigenvalue weighted by Gasteiger charge is 2.35. The Bertz CT molecular complexity index is 1110. The van der Waals surface area contributed by atoms with Crippen LogP contribution in [0, 0.1) is 5.92 Å². The number of hydrogen-bond donors (Lipinski definition) is 4. The number of aromatic amines is 1. The number of methoxy groups -OCH3 is 1. The van der Waals surface area contributed by atoms with Crippen molar-refractivity contribution in [3.05, 3.63) is 65.4 Å². The molecule has 1 amide bonds. The first-order valence-corrected chi connectivity index (χ1v) is 11.0. The second-order valence-electron chi connectivity index (χ2n) is 7.96. The molecule has 0 fully saturated rings. The number of carboxylic acids is 1. The molecule has 6 nitrogen and oxygen atoms in total. The molecule has 162 valence electrons. The van der Waals surface area contributed by atoms with E-state index in [1.165, 1.54) is 5.56 Å². The SMILES string of the molecule is COc1ccc2c(c1)C(C(CS)C(=O)NC(Cc1c[nH]c3ccccc13)C(=O)O)CC2. The molecule has 1 aromatic heterocycles. The van der Waals surface area contributed by atoms with Gasteiger partial charge < -0.3 is 20.1 Å². The fourth-order valence-electron chi connectivity index (χ4n) is 4.55. The predicted molar refractivity (Wildman–Crippen MR) is 123 cm³/mol. The predicted octanol–water partition coefficient (Wildman–Crippen LogP) is 3.56. The third kappa shape index (κ3) is 4.28. The molecule has 0 aliphatic heterocycles. The lowest BCUT2D eigenvalue weighted by Gasteiger charge is -2.24. The normalized spacial score (nSPS) is 17.2.